The summed E-state index contributed by atoms with van der Waals surface area (Å²) in [6.45, 7) is 2.48. The molecule has 0 aromatic heterocycles. The van der Waals surface area contributed by atoms with Crippen molar-refractivity contribution in [3.8, 4) is 5.75 Å². The van der Waals surface area contributed by atoms with Crippen LogP contribution in [0.3, 0.4) is 0 Å². The first-order chi connectivity index (χ1) is 19.4. The van der Waals surface area contributed by atoms with Crippen molar-refractivity contribution < 1.29 is 23.9 Å². The molecule has 0 spiro atoms. The Hall–Kier alpha value is -3.58. The number of carbonyl (C=O) groups excluding carboxylic acids is 3. The number of benzene rings is 3. The molecule has 3 aromatic carbocycles. The van der Waals surface area contributed by atoms with Crippen molar-refractivity contribution in [3.63, 3.8) is 0 Å². The topological polar surface area (TPSA) is 95.7 Å². The Labute approximate surface area is 238 Å². The van der Waals surface area contributed by atoms with Crippen LogP contribution in [0.4, 0.5) is 5.69 Å². The maximum absolute atomic E-state index is 13.7. The van der Waals surface area contributed by atoms with Crippen molar-refractivity contribution in [1.29, 1.82) is 0 Å². The van der Waals surface area contributed by atoms with E-state index in [0.717, 1.165) is 35.8 Å². The number of hydrogen-bond acceptors (Lipinski definition) is 7. The maximum Gasteiger partial charge on any atom is 0.340 e. The summed E-state index contributed by atoms with van der Waals surface area (Å²) in [5.74, 6) is 0.908. The molecule has 2 saturated carbocycles. The molecule has 2 N–H and O–H groups in total. The number of hydrogen-bond donors (Lipinski definition) is 1. The lowest BCUT2D eigenvalue weighted by molar-refractivity contribution is -0.000863. The van der Waals surface area contributed by atoms with Crippen LogP contribution in [0.5, 0.6) is 5.75 Å². The van der Waals surface area contributed by atoms with E-state index in [-0.39, 0.29) is 40.0 Å². The molecule has 206 valence electrons. The zero-order chi connectivity index (χ0) is 27.8. The first-order valence-corrected chi connectivity index (χ1v) is 15.0. The summed E-state index contributed by atoms with van der Waals surface area (Å²) in [7, 11) is 0. The molecule has 3 atom stereocenters. The number of nitrogen functional groups attached to an aromatic ring is 1. The molecule has 0 radical (unpaired) electrons. The van der Waals surface area contributed by atoms with Gasteiger partial charge in [0, 0.05) is 26.5 Å². The molecule has 3 unspecified atom stereocenters. The third-order valence-corrected chi connectivity index (χ3v) is 9.60. The summed E-state index contributed by atoms with van der Waals surface area (Å²) >= 11 is 1.32. The standard InChI is InChI=1S/C33H33NO5S/c1-2-38-21-13-15-23(16-14-21)40-27-18-26(33(37)39-22-12-11-19-7-3-4-8-20(19)17-22)30(34)29-28(27)31(35)24-9-5-6-10-25(24)32(29)36/h5-6,9-10,13-16,18-20,22H,2-4,7-8,11-12,17,34H2,1H3. The van der Waals surface area contributed by atoms with Crippen LogP contribution in [0.1, 0.15) is 94.1 Å². The molecule has 0 heterocycles. The Balaban J connectivity index is 1.37. The number of rotatable bonds is 6. The Bertz CT molecular complexity index is 1480. The van der Waals surface area contributed by atoms with Crippen LogP contribution in [-0.2, 0) is 4.74 Å². The van der Waals surface area contributed by atoms with E-state index in [1.165, 1.54) is 37.4 Å². The second-order valence-electron chi connectivity index (χ2n) is 10.9. The van der Waals surface area contributed by atoms with Gasteiger partial charge in [-0.05, 0) is 68.4 Å². The van der Waals surface area contributed by atoms with Gasteiger partial charge in [-0.2, -0.15) is 0 Å². The lowest BCUT2D eigenvalue weighted by Gasteiger charge is -2.38. The molecule has 0 amide bonds. The van der Waals surface area contributed by atoms with Gasteiger partial charge < -0.3 is 15.2 Å². The van der Waals surface area contributed by atoms with Crippen molar-refractivity contribution in [2.75, 3.05) is 12.3 Å². The molecule has 7 heteroatoms. The highest BCUT2D eigenvalue weighted by atomic mass is 32.2. The van der Waals surface area contributed by atoms with Gasteiger partial charge in [0.05, 0.1) is 23.4 Å². The van der Waals surface area contributed by atoms with Crippen molar-refractivity contribution in [2.45, 2.75) is 67.8 Å². The molecule has 3 aromatic rings. The van der Waals surface area contributed by atoms with Crippen LogP contribution in [0.25, 0.3) is 0 Å². The number of fused-ring (bicyclic) bond motifs is 3. The van der Waals surface area contributed by atoms with Crippen LogP contribution in [0.15, 0.2) is 64.4 Å². The Morgan fingerprint density at radius 3 is 2.27 bits per heavy atom. The molecule has 0 aliphatic heterocycles. The van der Waals surface area contributed by atoms with E-state index in [4.69, 9.17) is 15.2 Å². The molecular formula is C33H33NO5S. The van der Waals surface area contributed by atoms with Gasteiger partial charge in [-0.1, -0.05) is 61.7 Å². The van der Waals surface area contributed by atoms with Gasteiger partial charge in [0.2, 0.25) is 0 Å². The second-order valence-corrected chi connectivity index (χ2v) is 12.1. The average molecular weight is 556 g/mol. The monoisotopic (exact) mass is 555 g/mol. The van der Waals surface area contributed by atoms with Crippen molar-refractivity contribution in [3.05, 3.63) is 82.4 Å². The van der Waals surface area contributed by atoms with Gasteiger partial charge in [-0.25, -0.2) is 4.79 Å². The van der Waals surface area contributed by atoms with Gasteiger partial charge in [-0.3, -0.25) is 9.59 Å². The van der Waals surface area contributed by atoms with E-state index in [9.17, 15) is 14.4 Å². The highest BCUT2D eigenvalue weighted by molar-refractivity contribution is 7.99. The summed E-state index contributed by atoms with van der Waals surface area (Å²) in [6.07, 6.45) is 7.63. The third kappa shape index (κ3) is 4.92. The predicted molar refractivity (Wildman–Crippen MR) is 154 cm³/mol. The minimum atomic E-state index is -0.535. The summed E-state index contributed by atoms with van der Waals surface area (Å²) < 4.78 is 11.6. The molecule has 6 rings (SSSR count). The molecule has 0 bridgehead atoms. The fourth-order valence-corrected chi connectivity index (χ4v) is 7.58. The first kappa shape index (κ1) is 26.6. The van der Waals surface area contributed by atoms with Gasteiger partial charge in [0.1, 0.15) is 11.9 Å². The number of ketones is 2. The fraction of sp³-hybridized carbons (Fsp3) is 0.364. The van der Waals surface area contributed by atoms with Gasteiger partial charge >= 0.3 is 5.97 Å². The normalized spacial score (nSPS) is 21.7. The number of ether oxygens (including phenoxy) is 2. The second kappa shape index (κ2) is 11.1. The lowest BCUT2D eigenvalue weighted by atomic mass is 9.70. The quantitative estimate of drug-likeness (QED) is 0.200. The summed E-state index contributed by atoms with van der Waals surface area (Å²) in [4.78, 5) is 42.4. The summed E-state index contributed by atoms with van der Waals surface area (Å²) in [6, 6.07) is 15.9. The fourth-order valence-electron chi connectivity index (χ4n) is 6.58. The van der Waals surface area contributed by atoms with E-state index in [2.05, 4.69) is 0 Å². The first-order valence-electron chi connectivity index (χ1n) is 14.2. The Morgan fingerprint density at radius 1 is 0.900 bits per heavy atom. The van der Waals surface area contributed by atoms with Crippen LogP contribution in [0, 0.1) is 11.8 Å². The number of esters is 1. The van der Waals surface area contributed by atoms with Crippen LogP contribution >= 0.6 is 11.8 Å². The Kier molecular flexibility index (Phi) is 7.41. The summed E-state index contributed by atoms with van der Waals surface area (Å²) in [5.41, 5.74) is 7.65. The van der Waals surface area contributed by atoms with Crippen LogP contribution in [-0.4, -0.2) is 30.2 Å². The Morgan fingerprint density at radius 2 is 1.57 bits per heavy atom. The zero-order valence-corrected chi connectivity index (χ0v) is 23.4. The molecule has 3 aliphatic rings. The van der Waals surface area contributed by atoms with E-state index >= 15 is 0 Å². The number of carbonyl (C=O) groups is 3. The lowest BCUT2D eigenvalue weighted by Crippen LogP contribution is -2.33. The number of nitrogens with two attached hydrogens (primary N) is 1. The van der Waals surface area contributed by atoms with Gasteiger partial charge in [-0.15, -0.1) is 0 Å². The van der Waals surface area contributed by atoms with E-state index < -0.39 is 5.97 Å². The average Bonchev–Trinajstić information content (AvgIpc) is 2.97. The number of anilines is 1. The minimum absolute atomic E-state index is 0.00949. The van der Waals surface area contributed by atoms with Crippen LogP contribution in [0.2, 0.25) is 0 Å². The van der Waals surface area contributed by atoms with E-state index in [1.807, 2.05) is 31.2 Å². The van der Waals surface area contributed by atoms with Gasteiger partial charge in [0.15, 0.2) is 11.6 Å². The molecule has 40 heavy (non-hydrogen) atoms. The van der Waals surface area contributed by atoms with E-state index in [1.54, 1.807) is 30.3 Å². The molecular weight excluding hydrogens is 522 g/mol. The predicted octanol–water partition coefficient (Wildman–Crippen LogP) is 7.11. The molecule has 0 saturated heterocycles. The zero-order valence-electron chi connectivity index (χ0n) is 22.6. The summed E-state index contributed by atoms with van der Waals surface area (Å²) in [5, 5.41) is 0. The van der Waals surface area contributed by atoms with Gasteiger partial charge in [0.25, 0.3) is 0 Å². The van der Waals surface area contributed by atoms with Crippen molar-refractivity contribution in [2.24, 2.45) is 11.8 Å². The maximum atomic E-state index is 13.7. The molecule has 2 fully saturated rings. The van der Waals surface area contributed by atoms with Crippen molar-refractivity contribution >= 4 is 35.0 Å². The van der Waals surface area contributed by atoms with Crippen molar-refractivity contribution in [1.82, 2.24) is 0 Å². The highest BCUT2D eigenvalue weighted by Gasteiger charge is 2.38. The molecule has 6 nitrogen and oxygen atoms in total. The van der Waals surface area contributed by atoms with E-state index in [0.29, 0.717) is 28.5 Å². The van der Waals surface area contributed by atoms with Crippen LogP contribution < -0.4 is 10.5 Å². The molecule has 3 aliphatic carbocycles. The highest BCUT2D eigenvalue weighted by Crippen LogP contribution is 2.44. The largest absolute Gasteiger partial charge is 0.494 e. The SMILES string of the molecule is CCOc1ccc(Sc2cc(C(=O)OC3CCC4CCCCC4C3)c(N)c3c2C(=O)c2ccccc2C3=O)cc1. The minimum Gasteiger partial charge on any atom is -0.494 e. The smallest absolute Gasteiger partial charge is 0.340 e. The third-order valence-electron chi connectivity index (χ3n) is 8.55.